The molecule has 2 aromatic carbocycles. The summed E-state index contributed by atoms with van der Waals surface area (Å²) < 4.78 is 5.60. The largest absolute Gasteiger partial charge is 0.481 e. The van der Waals surface area contributed by atoms with Gasteiger partial charge in [-0.15, -0.1) is 0 Å². The van der Waals surface area contributed by atoms with Gasteiger partial charge in [0.2, 0.25) is 5.91 Å². The molecule has 5 rings (SSSR count). The van der Waals surface area contributed by atoms with E-state index < -0.39 is 12.1 Å². The molecule has 2 aromatic rings. The summed E-state index contributed by atoms with van der Waals surface area (Å²) in [6.07, 6.45) is 1.79. The van der Waals surface area contributed by atoms with Gasteiger partial charge in [-0.1, -0.05) is 55.5 Å². The molecule has 0 spiro atoms. The van der Waals surface area contributed by atoms with Gasteiger partial charge in [0.05, 0.1) is 11.8 Å². The summed E-state index contributed by atoms with van der Waals surface area (Å²) in [5.41, 5.74) is 4.66. The van der Waals surface area contributed by atoms with Crippen LogP contribution in [0.25, 0.3) is 11.1 Å². The van der Waals surface area contributed by atoms with Gasteiger partial charge in [0.25, 0.3) is 0 Å². The summed E-state index contributed by atoms with van der Waals surface area (Å²) in [5.74, 6) is -1.39. The number of nitrogens with zero attached hydrogens (tertiary/aromatic N) is 1. The van der Waals surface area contributed by atoms with E-state index in [0.717, 1.165) is 24.0 Å². The van der Waals surface area contributed by atoms with Gasteiger partial charge in [0.15, 0.2) is 0 Å². The van der Waals surface area contributed by atoms with Crippen LogP contribution in [0.3, 0.4) is 0 Å². The predicted octanol–water partition coefficient (Wildman–Crippen LogP) is 4.12. The number of nitrogens with one attached hydrogen (secondary N) is 1. The molecule has 2 N–H and O–H groups in total. The number of hydrogen-bond donors (Lipinski definition) is 2. The number of piperidine rings is 1. The lowest BCUT2D eigenvalue weighted by Crippen LogP contribution is -2.50. The summed E-state index contributed by atoms with van der Waals surface area (Å²) in [6, 6.07) is 16.4. The lowest BCUT2D eigenvalue weighted by Gasteiger charge is -2.37. The van der Waals surface area contributed by atoms with E-state index in [0.29, 0.717) is 19.5 Å². The number of carbonyl (C=O) groups is 3. The number of alkyl carbamates (subject to hydrolysis) is 1. The highest BCUT2D eigenvalue weighted by Crippen LogP contribution is 2.45. The Morgan fingerprint density at radius 2 is 1.57 bits per heavy atom. The van der Waals surface area contributed by atoms with Crippen molar-refractivity contribution in [1.82, 2.24) is 10.2 Å². The molecule has 3 atom stereocenters. The summed E-state index contributed by atoms with van der Waals surface area (Å²) in [7, 11) is 0. The fourth-order valence-corrected chi connectivity index (χ4v) is 6.33. The minimum atomic E-state index is -0.742. The van der Waals surface area contributed by atoms with Gasteiger partial charge >= 0.3 is 12.1 Å². The smallest absolute Gasteiger partial charge is 0.407 e. The van der Waals surface area contributed by atoms with E-state index in [2.05, 4.69) is 29.6 Å². The monoisotopic (exact) mass is 476 g/mol. The molecular weight excluding hydrogens is 444 g/mol. The summed E-state index contributed by atoms with van der Waals surface area (Å²) in [4.78, 5) is 39.1. The normalized spacial score (nSPS) is 23.3. The molecule has 7 nitrogen and oxygen atoms in total. The molecule has 3 unspecified atom stereocenters. The van der Waals surface area contributed by atoms with E-state index in [4.69, 9.17) is 4.74 Å². The van der Waals surface area contributed by atoms with Crippen molar-refractivity contribution in [3.63, 3.8) is 0 Å². The molecule has 7 heteroatoms. The fourth-order valence-electron chi connectivity index (χ4n) is 6.33. The number of carboxylic acids is 1. The molecule has 1 aliphatic heterocycles. The summed E-state index contributed by atoms with van der Waals surface area (Å²) in [5, 5.41) is 12.3. The van der Waals surface area contributed by atoms with E-state index in [1.807, 2.05) is 36.1 Å². The number of carboxylic acid groups (broad SMARTS) is 1. The Balaban J connectivity index is 1.16. The highest BCUT2D eigenvalue weighted by atomic mass is 16.5. The molecule has 0 radical (unpaired) electrons. The van der Waals surface area contributed by atoms with Gasteiger partial charge in [-0.05, 0) is 53.4 Å². The highest BCUT2D eigenvalue weighted by molar-refractivity contribution is 5.81. The van der Waals surface area contributed by atoms with Crippen LogP contribution in [0.1, 0.15) is 43.2 Å². The second-order valence-corrected chi connectivity index (χ2v) is 10.0. The zero-order valence-corrected chi connectivity index (χ0v) is 20.0. The van der Waals surface area contributed by atoms with Crippen molar-refractivity contribution in [3.8, 4) is 11.1 Å². The van der Waals surface area contributed by atoms with Gasteiger partial charge in [-0.3, -0.25) is 9.59 Å². The van der Waals surface area contributed by atoms with Crippen molar-refractivity contribution in [3.05, 3.63) is 59.7 Å². The summed E-state index contributed by atoms with van der Waals surface area (Å²) in [6.45, 7) is 3.36. The Morgan fingerprint density at radius 3 is 2.11 bits per heavy atom. The van der Waals surface area contributed by atoms with Crippen molar-refractivity contribution in [2.45, 2.75) is 32.1 Å². The van der Waals surface area contributed by atoms with Crippen LogP contribution >= 0.6 is 0 Å². The van der Waals surface area contributed by atoms with E-state index in [1.165, 1.54) is 11.1 Å². The van der Waals surface area contributed by atoms with Crippen LogP contribution in [0.2, 0.25) is 0 Å². The van der Waals surface area contributed by atoms with Crippen molar-refractivity contribution >= 4 is 18.0 Å². The van der Waals surface area contributed by atoms with E-state index in [-0.39, 0.29) is 48.6 Å². The van der Waals surface area contributed by atoms with Crippen LogP contribution in [0.5, 0.6) is 0 Å². The number of hydrogen-bond acceptors (Lipinski definition) is 4. The standard InChI is InChI=1S/C28H32N2O5/c1-2-17(26(31)30-14-18-11-12-19(15-30)25(18)27(32)33)13-29-28(34)35-16-24-22-9-5-3-7-20(22)21-8-4-6-10-23(21)24/h3-10,17-19,24-25H,2,11-16H2,1H3,(H,29,34)(H,32,33). The first-order valence-corrected chi connectivity index (χ1v) is 12.6. The Labute approximate surface area is 205 Å². The number of carbonyl (C=O) groups excluding carboxylic acids is 2. The quantitative estimate of drug-likeness (QED) is 0.627. The predicted molar refractivity (Wildman–Crippen MR) is 131 cm³/mol. The van der Waals surface area contributed by atoms with Crippen LogP contribution in [0.4, 0.5) is 4.79 Å². The van der Waals surface area contributed by atoms with E-state index in [9.17, 15) is 19.5 Å². The first-order valence-electron chi connectivity index (χ1n) is 12.6. The van der Waals surface area contributed by atoms with Crippen molar-refractivity contribution in [1.29, 1.82) is 0 Å². The third-order valence-electron chi connectivity index (χ3n) is 8.11. The van der Waals surface area contributed by atoms with Gasteiger partial charge in [-0.2, -0.15) is 0 Å². The summed E-state index contributed by atoms with van der Waals surface area (Å²) >= 11 is 0. The second-order valence-electron chi connectivity index (χ2n) is 10.0. The number of benzene rings is 2. The molecule has 2 bridgehead atoms. The molecule has 0 aromatic heterocycles. The first kappa shape index (κ1) is 23.4. The minimum Gasteiger partial charge on any atom is -0.481 e. The molecule has 35 heavy (non-hydrogen) atoms. The zero-order chi connectivity index (χ0) is 24.5. The lowest BCUT2D eigenvalue weighted by atomic mass is 9.84. The minimum absolute atomic E-state index is 0.00723. The number of ether oxygens (including phenoxy) is 1. The van der Waals surface area contributed by atoms with Gasteiger partial charge in [-0.25, -0.2) is 4.79 Å². The van der Waals surface area contributed by atoms with Crippen molar-refractivity contribution in [2.75, 3.05) is 26.2 Å². The number of aliphatic carboxylic acids is 1. The molecule has 3 aliphatic rings. The van der Waals surface area contributed by atoms with E-state index >= 15 is 0 Å². The molecule has 184 valence electrons. The van der Waals surface area contributed by atoms with Gasteiger partial charge in [0, 0.05) is 25.6 Å². The Bertz CT molecular complexity index is 1070. The number of fused-ring (bicyclic) bond motifs is 5. The van der Waals surface area contributed by atoms with Crippen LogP contribution < -0.4 is 5.32 Å². The Kier molecular flexibility index (Phi) is 6.50. The third kappa shape index (κ3) is 4.40. The van der Waals surface area contributed by atoms with Crippen LogP contribution in [-0.2, 0) is 14.3 Å². The molecule has 1 saturated heterocycles. The van der Waals surface area contributed by atoms with E-state index in [1.54, 1.807) is 0 Å². The molecule has 2 aliphatic carbocycles. The second kappa shape index (κ2) is 9.72. The molecule has 2 fully saturated rings. The Hall–Kier alpha value is -3.35. The number of amides is 2. The maximum absolute atomic E-state index is 13.2. The highest BCUT2D eigenvalue weighted by Gasteiger charge is 2.47. The van der Waals surface area contributed by atoms with Gasteiger partial charge in [0.1, 0.15) is 6.61 Å². The molecular formula is C28H32N2O5. The fraction of sp³-hybridized carbons (Fsp3) is 0.464. The van der Waals surface area contributed by atoms with Crippen LogP contribution in [0.15, 0.2) is 48.5 Å². The van der Waals surface area contributed by atoms with Crippen LogP contribution in [0, 0.1) is 23.7 Å². The Morgan fingerprint density at radius 1 is 1.00 bits per heavy atom. The van der Waals surface area contributed by atoms with Crippen molar-refractivity contribution < 1.29 is 24.2 Å². The number of rotatable bonds is 7. The van der Waals surface area contributed by atoms with Gasteiger partial charge < -0.3 is 20.1 Å². The maximum Gasteiger partial charge on any atom is 0.407 e. The zero-order valence-electron chi connectivity index (χ0n) is 20.0. The molecule has 2 amide bonds. The number of likely N-dealkylation sites (tertiary alicyclic amines) is 1. The lowest BCUT2D eigenvalue weighted by molar-refractivity contribution is -0.151. The SMILES string of the molecule is CCC(CNC(=O)OCC1c2ccccc2-c2ccccc21)C(=O)N1CC2CCC(C1)C2C(=O)O. The van der Waals surface area contributed by atoms with Crippen LogP contribution in [-0.4, -0.2) is 54.2 Å². The maximum atomic E-state index is 13.2. The third-order valence-corrected chi connectivity index (χ3v) is 8.11. The average molecular weight is 477 g/mol. The molecule has 1 heterocycles. The average Bonchev–Trinajstić information content (AvgIpc) is 3.34. The first-order chi connectivity index (χ1) is 17.0. The molecule has 1 saturated carbocycles. The topological polar surface area (TPSA) is 95.9 Å². The van der Waals surface area contributed by atoms with Crippen molar-refractivity contribution in [2.24, 2.45) is 23.7 Å².